The van der Waals surface area contributed by atoms with Crippen molar-refractivity contribution >= 4 is 66.7 Å². The van der Waals surface area contributed by atoms with E-state index in [2.05, 4.69) is 137 Å². The van der Waals surface area contributed by atoms with Gasteiger partial charge in [0.2, 0.25) is 0 Å². The summed E-state index contributed by atoms with van der Waals surface area (Å²) in [5.74, 6) is 0. The van der Waals surface area contributed by atoms with Crippen molar-refractivity contribution in [1.29, 1.82) is 0 Å². The average molecular weight is 492 g/mol. The molecule has 3 heteroatoms. The molecule has 6 aromatic carbocycles. The third-order valence-corrected chi connectivity index (χ3v) is 9.11. The Morgan fingerprint density at radius 2 is 1.15 bits per heavy atom. The molecule has 0 bridgehead atoms. The summed E-state index contributed by atoms with van der Waals surface area (Å²) in [7, 11) is 0. The molecule has 0 atom stereocenters. The van der Waals surface area contributed by atoms with E-state index in [1.165, 1.54) is 82.5 Å². The Hall–Kier alpha value is -5.02. The summed E-state index contributed by atoms with van der Waals surface area (Å²) in [6.07, 6.45) is 0. The van der Waals surface area contributed by atoms with E-state index >= 15 is 0 Å². The van der Waals surface area contributed by atoms with Crippen LogP contribution in [0.15, 0.2) is 127 Å². The quantitative estimate of drug-likeness (QED) is 0.226. The highest BCUT2D eigenvalue weighted by Crippen LogP contribution is 2.41. The molecule has 2 aliphatic rings. The van der Waals surface area contributed by atoms with Crippen molar-refractivity contribution in [2.45, 2.75) is 0 Å². The van der Waals surface area contributed by atoms with Gasteiger partial charge in [0.1, 0.15) is 0 Å². The summed E-state index contributed by atoms with van der Waals surface area (Å²) in [6, 6.07) is 47.2. The summed E-state index contributed by atoms with van der Waals surface area (Å²) in [4.78, 5) is 0. The van der Waals surface area contributed by atoms with Crippen LogP contribution in [0, 0.1) is 0 Å². The molecule has 2 aliphatic heterocycles. The number of hydrogen-bond acceptors (Lipinski definition) is 0. The van der Waals surface area contributed by atoms with Crippen molar-refractivity contribution < 1.29 is 0 Å². The van der Waals surface area contributed by atoms with E-state index < -0.39 is 0 Å². The highest BCUT2D eigenvalue weighted by atomic mass is 15.0. The normalized spacial score (nSPS) is 13.1. The Morgan fingerprint density at radius 3 is 2.10 bits per heavy atom. The van der Waals surface area contributed by atoms with E-state index in [-0.39, 0.29) is 6.71 Å². The molecule has 0 saturated heterocycles. The monoisotopic (exact) mass is 492 g/mol. The maximum absolute atomic E-state index is 2.55. The lowest BCUT2D eigenvalue weighted by molar-refractivity contribution is 1.16. The Morgan fingerprint density at radius 1 is 0.436 bits per heavy atom. The molecule has 4 heterocycles. The van der Waals surface area contributed by atoms with E-state index in [1.807, 2.05) is 0 Å². The maximum Gasteiger partial charge on any atom is 0.252 e. The Balaban J connectivity index is 1.46. The molecule has 8 aromatic rings. The lowest BCUT2D eigenvalue weighted by Gasteiger charge is -2.33. The molecule has 0 radical (unpaired) electrons. The molecule has 0 unspecified atom stereocenters. The van der Waals surface area contributed by atoms with Gasteiger partial charge in [0.15, 0.2) is 0 Å². The van der Waals surface area contributed by atoms with E-state index in [0.29, 0.717) is 0 Å². The van der Waals surface area contributed by atoms with Gasteiger partial charge in [0, 0.05) is 38.4 Å². The number of rotatable bonds is 1. The summed E-state index contributed by atoms with van der Waals surface area (Å²) in [6.45, 7) is 0.192. The summed E-state index contributed by atoms with van der Waals surface area (Å²) >= 11 is 0. The van der Waals surface area contributed by atoms with Crippen molar-refractivity contribution in [3.63, 3.8) is 0 Å². The molecule has 0 aliphatic carbocycles. The second kappa shape index (κ2) is 6.89. The Labute approximate surface area is 225 Å². The van der Waals surface area contributed by atoms with Gasteiger partial charge in [0.25, 0.3) is 6.71 Å². The van der Waals surface area contributed by atoms with Crippen LogP contribution in [-0.4, -0.2) is 15.8 Å². The fraction of sp³-hybridized carbons (Fsp3) is 0. The van der Waals surface area contributed by atoms with Crippen LogP contribution >= 0.6 is 0 Å². The van der Waals surface area contributed by atoms with E-state index in [4.69, 9.17) is 0 Å². The Kier molecular flexibility index (Phi) is 3.54. The van der Waals surface area contributed by atoms with E-state index in [1.54, 1.807) is 0 Å². The first kappa shape index (κ1) is 20.0. The van der Waals surface area contributed by atoms with Crippen LogP contribution in [0.1, 0.15) is 0 Å². The molecule has 0 fully saturated rings. The highest BCUT2D eigenvalue weighted by molar-refractivity contribution is 7.00. The van der Waals surface area contributed by atoms with Crippen LogP contribution in [0.2, 0.25) is 0 Å². The molecular weight excluding hydrogens is 471 g/mol. The van der Waals surface area contributed by atoms with Crippen LogP contribution < -0.4 is 16.4 Å². The minimum absolute atomic E-state index is 0.192. The molecule has 0 N–H and O–H groups in total. The summed E-state index contributed by atoms with van der Waals surface area (Å²) in [5.41, 5.74) is 14.6. The fourth-order valence-electron chi connectivity index (χ4n) is 7.70. The van der Waals surface area contributed by atoms with Crippen molar-refractivity contribution in [3.8, 4) is 22.5 Å². The lowest BCUT2D eigenvalue weighted by Crippen LogP contribution is -2.59. The van der Waals surface area contributed by atoms with Crippen LogP contribution in [0.3, 0.4) is 0 Å². The summed E-state index contributed by atoms with van der Waals surface area (Å²) in [5, 5.41) is 5.32. The number of benzene rings is 6. The third-order valence-electron chi connectivity index (χ3n) is 9.11. The standard InChI is InChI=1S/C36H21BN2/c1-2-10-22(11-3-1)23-13-9-19-31-33(23)26-14-8-16-28-35(26)39(31)32-21-20-25-24-12-4-6-17-29(24)38-30-18-7-5-15-27(30)37(28)34(32)36(25)38/h1-21H. The van der Waals surface area contributed by atoms with E-state index in [0.717, 1.165) is 0 Å². The van der Waals surface area contributed by atoms with Crippen LogP contribution in [0.5, 0.6) is 0 Å². The number of hydrogen-bond donors (Lipinski definition) is 0. The van der Waals surface area contributed by atoms with Crippen molar-refractivity contribution in [2.24, 2.45) is 0 Å². The van der Waals surface area contributed by atoms with Crippen molar-refractivity contribution in [2.75, 3.05) is 0 Å². The topological polar surface area (TPSA) is 9.86 Å². The predicted molar refractivity (Wildman–Crippen MR) is 165 cm³/mol. The van der Waals surface area contributed by atoms with Crippen molar-refractivity contribution in [1.82, 2.24) is 9.13 Å². The van der Waals surface area contributed by atoms with Gasteiger partial charge in [-0.1, -0.05) is 103 Å². The third kappa shape index (κ3) is 2.27. The molecule has 0 spiro atoms. The first-order valence-electron chi connectivity index (χ1n) is 13.7. The molecule has 2 nitrogen and oxygen atoms in total. The molecular formula is C36H21BN2. The average Bonchev–Trinajstić information content (AvgIpc) is 3.53. The lowest BCUT2D eigenvalue weighted by atomic mass is 9.34. The predicted octanol–water partition coefficient (Wildman–Crippen LogP) is 6.69. The zero-order valence-corrected chi connectivity index (χ0v) is 21.1. The molecule has 178 valence electrons. The number of para-hydroxylation sites is 3. The minimum Gasteiger partial charge on any atom is -0.310 e. The molecule has 0 amide bonds. The zero-order chi connectivity index (χ0) is 25.2. The van der Waals surface area contributed by atoms with Gasteiger partial charge in [-0.2, -0.15) is 0 Å². The molecule has 0 saturated carbocycles. The van der Waals surface area contributed by atoms with Gasteiger partial charge in [0.05, 0.1) is 16.6 Å². The van der Waals surface area contributed by atoms with Crippen LogP contribution in [-0.2, 0) is 0 Å². The zero-order valence-electron chi connectivity index (χ0n) is 21.1. The van der Waals surface area contributed by atoms with Gasteiger partial charge in [-0.15, -0.1) is 0 Å². The second-order valence-corrected chi connectivity index (χ2v) is 10.9. The van der Waals surface area contributed by atoms with Crippen LogP contribution in [0.25, 0.3) is 66.1 Å². The minimum atomic E-state index is 0.192. The fourth-order valence-corrected chi connectivity index (χ4v) is 7.70. The van der Waals surface area contributed by atoms with E-state index in [9.17, 15) is 0 Å². The summed E-state index contributed by atoms with van der Waals surface area (Å²) < 4.78 is 5.06. The molecule has 39 heavy (non-hydrogen) atoms. The van der Waals surface area contributed by atoms with Gasteiger partial charge < -0.3 is 9.13 Å². The Bertz CT molecular complexity index is 2340. The first-order chi connectivity index (χ1) is 19.4. The van der Waals surface area contributed by atoms with Crippen molar-refractivity contribution in [3.05, 3.63) is 127 Å². The molecule has 2 aromatic heterocycles. The van der Waals surface area contributed by atoms with Crippen LogP contribution in [0.4, 0.5) is 0 Å². The SMILES string of the molecule is c1ccc(-c2cccc3c2c2cccc4c2n3-c2ccc3c5ccccc5n5c3c2B4c2ccccc2-5)cc1. The van der Waals surface area contributed by atoms with Gasteiger partial charge in [-0.05, 0) is 51.8 Å². The maximum atomic E-state index is 2.55. The number of nitrogens with zero attached hydrogens (tertiary/aromatic N) is 2. The van der Waals surface area contributed by atoms with Gasteiger partial charge in [-0.25, -0.2) is 0 Å². The second-order valence-electron chi connectivity index (χ2n) is 10.9. The number of aromatic nitrogens is 2. The number of fused-ring (bicyclic) bond motifs is 11. The van der Waals surface area contributed by atoms with Gasteiger partial charge in [-0.3, -0.25) is 0 Å². The highest BCUT2D eigenvalue weighted by Gasteiger charge is 2.40. The van der Waals surface area contributed by atoms with Gasteiger partial charge >= 0.3 is 0 Å². The first-order valence-corrected chi connectivity index (χ1v) is 13.7. The largest absolute Gasteiger partial charge is 0.310 e. The molecule has 10 rings (SSSR count). The smallest absolute Gasteiger partial charge is 0.252 e.